The van der Waals surface area contributed by atoms with Crippen LogP contribution in [0.4, 0.5) is 0 Å². The van der Waals surface area contributed by atoms with Crippen LogP contribution >= 0.6 is 0 Å². The Kier molecular flexibility index (Phi) is 2.17. The van der Waals surface area contributed by atoms with Crippen molar-refractivity contribution < 1.29 is 0 Å². The zero-order valence-corrected chi connectivity index (χ0v) is 7.57. The SMILES string of the molecule is CC1C=CN=C(N(C)C)N1C. The molecule has 0 N–H and O–H groups in total. The molecule has 0 bridgehead atoms. The molecule has 0 saturated heterocycles. The van der Waals surface area contributed by atoms with E-state index in [0.29, 0.717) is 6.04 Å². The zero-order chi connectivity index (χ0) is 8.43. The second kappa shape index (κ2) is 2.95. The molecule has 1 aliphatic rings. The van der Waals surface area contributed by atoms with E-state index in [9.17, 15) is 0 Å². The highest BCUT2D eigenvalue weighted by molar-refractivity contribution is 5.81. The van der Waals surface area contributed by atoms with Crippen LogP contribution < -0.4 is 0 Å². The van der Waals surface area contributed by atoms with E-state index < -0.39 is 0 Å². The second-order valence-electron chi connectivity index (χ2n) is 3.02. The van der Waals surface area contributed by atoms with Crippen molar-refractivity contribution in [2.45, 2.75) is 13.0 Å². The molecule has 1 aliphatic heterocycles. The molecule has 0 fully saturated rings. The molecule has 3 nitrogen and oxygen atoms in total. The summed E-state index contributed by atoms with van der Waals surface area (Å²) in [4.78, 5) is 8.40. The molecule has 0 aliphatic carbocycles. The fraction of sp³-hybridized carbons (Fsp3) is 0.625. The van der Waals surface area contributed by atoms with Crippen LogP contribution in [0.25, 0.3) is 0 Å². The van der Waals surface area contributed by atoms with Gasteiger partial charge in [0.1, 0.15) is 0 Å². The Balaban J connectivity index is 2.78. The Labute approximate surface area is 68.0 Å². The first kappa shape index (κ1) is 8.11. The minimum absolute atomic E-state index is 0.449. The Morgan fingerprint density at radius 1 is 1.55 bits per heavy atom. The van der Waals surface area contributed by atoms with Gasteiger partial charge >= 0.3 is 0 Å². The molecule has 1 unspecified atom stereocenters. The first-order chi connectivity index (χ1) is 5.13. The quantitative estimate of drug-likeness (QED) is 0.511. The minimum atomic E-state index is 0.449. The van der Waals surface area contributed by atoms with E-state index in [1.807, 2.05) is 32.2 Å². The number of rotatable bonds is 0. The van der Waals surface area contributed by atoms with Gasteiger partial charge in [-0.2, -0.15) is 0 Å². The monoisotopic (exact) mass is 153 g/mol. The van der Waals surface area contributed by atoms with Gasteiger partial charge in [-0.15, -0.1) is 0 Å². The fourth-order valence-electron chi connectivity index (χ4n) is 1.07. The Bertz CT molecular complexity index is 194. The molecule has 0 amide bonds. The van der Waals surface area contributed by atoms with Crippen molar-refractivity contribution in [3.8, 4) is 0 Å². The maximum Gasteiger partial charge on any atom is 0.200 e. The number of nitrogens with zero attached hydrogens (tertiary/aromatic N) is 3. The number of likely N-dealkylation sites (N-methyl/N-ethyl adjacent to an activating group) is 1. The lowest BCUT2D eigenvalue weighted by molar-refractivity contribution is 0.383. The van der Waals surface area contributed by atoms with E-state index in [0.717, 1.165) is 5.96 Å². The normalized spacial score (nSPS) is 23.5. The van der Waals surface area contributed by atoms with Gasteiger partial charge in [0.05, 0.1) is 0 Å². The number of aliphatic imine (C=N–C) groups is 1. The van der Waals surface area contributed by atoms with E-state index in [4.69, 9.17) is 0 Å². The average Bonchev–Trinajstić information content (AvgIpc) is 1.94. The molecular formula is C8H15N3. The lowest BCUT2D eigenvalue weighted by atomic mass is 10.3. The number of hydrogen-bond donors (Lipinski definition) is 0. The molecule has 0 spiro atoms. The smallest absolute Gasteiger partial charge is 0.200 e. The van der Waals surface area contributed by atoms with E-state index in [-0.39, 0.29) is 0 Å². The molecule has 1 rings (SSSR count). The molecule has 0 aromatic heterocycles. The highest BCUT2D eigenvalue weighted by atomic mass is 15.4. The lowest BCUT2D eigenvalue weighted by Crippen LogP contribution is -2.43. The molecular weight excluding hydrogens is 138 g/mol. The fourth-order valence-corrected chi connectivity index (χ4v) is 1.07. The summed E-state index contributed by atoms with van der Waals surface area (Å²) in [5.41, 5.74) is 0. The van der Waals surface area contributed by atoms with Gasteiger partial charge in [-0.05, 0) is 13.0 Å². The molecule has 62 valence electrons. The van der Waals surface area contributed by atoms with Gasteiger partial charge in [-0.3, -0.25) is 0 Å². The van der Waals surface area contributed by atoms with Gasteiger partial charge in [0.2, 0.25) is 5.96 Å². The summed E-state index contributed by atoms with van der Waals surface area (Å²) in [5.74, 6) is 1.01. The zero-order valence-electron chi connectivity index (χ0n) is 7.57. The van der Waals surface area contributed by atoms with Gasteiger partial charge in [-0.1, -0.05) is 0 Å². The van der Waals surface area contributed by atoms with E-state index >= 15 is 0 Å². The molecule has 3 heteroatoms. The van der Waals surface area contributed by atoms with Crippen molar-refractivity contribution in [1.29, 1.82) is 0 Å². The summed E-state index contributed by atoms with van der Waals surface area (Å²) >= 11 is 0. The van der Waals surface area contributed by atoms with E-state index in [1.165, 1.54) is 0 Å². The third-order valence-electron chi connectivity index (χ3n) is 1.88. The van der Waals surface area contributed by atoms with Crippen LogP contribution in [0.3, 0.4) is 0 Å². The first-order valence-electron chi connectivity index (χ1n) is 3.77. The summed E-state index contributed by atoms with van der Waals surface area (Å²) in [6, 6.07) is 0.449. The minimum Gasteiger partial charge on any atom is -0.349 e. The van der Waals surface area contributed by atoms with Crippen LogP contribution in [-0.4, -0.2) is 42.9 Å². The van der Waals surface area contributed by atoms with Crippen molar-refractivity contribution in [2.24, 2.45) is 4.99 Å². The number of hydrogen-bond acceptors (Lipinski definition) is 3. The topological polar surface area (TPSA) is 18.8 Å². The van der Waals surface area contributed by atoms with Gasteiger partial charge in [0, 0.05) is 33.4 Å². The van der Waals surface area contributed by atoms with E-state index in [2.05, 4.69) is 22.9 Å². The van der Waals surface area contributed by atoms with Crippen molar-refractivity contribution in [3.05, 3.63) is 12.3 Å². The first-order valence-corrected chi connectivity index (χ1v) is 3.77. The van der Waals surface area contributed by atoms with Crippen molar-refractivity contribution in [2.75, 3.05) is 21.1 Å². The van der Waals surface area contributed by atoms with Gasteiger partial charge in [0.25, 0.3) is 0 Å². The third kappa shape index (κ3) is 1.53. The molecule has 11 heavy (non-hydrogen) atoms. The summed E-state index contributed by atoms with van der Waals surface area (Å²) in [5, 5.41) is 0. The Morgan fingerprint density at radius 2 is 2.18 bits per heavy atom. The van der Waals surface area contributed by atoms with Crippen LogP contribution in [0.2, 0.25) is 0 Å². The predicted octanol–water partition coefficient (Wildman–Crippen LogP) is 0.752. The largest absolute Gasteiger partial charge is 0.349 e. The van der Waals surface area contributed by atoms with Crippen molar-refractivity contribution >= 4 is 5.96 Å². The third-order valence-corrected chi connectivity index (χ3v) is 1.88. The maximum absolute atomic E-state index is 4.25. The van der Waals surface area contributed by atoms with E-state index in [1.54, 1.807) is 0 Å². The van der Waals surface area contributed by atoms with Crippen LogP contribution in [0.5, 0.6) is 0 Å². The standard InChI is InChI=1S/C8H15N3/c1-7-5-6-9-8(10(2)3)11(7)4/h5-7H,1-4H3. The molecule has 0 saturated carbocycles. The molecule has 1 atom stereocenters. The van der Waals surface area contributed by atoms with Gasteiger partial charge in [0.15, 0.2) is 0 Å². The maximum atomic E-state index is 4.25. The van der Waals surface area contributed by atoms with Crippen molar-refractivity contribution in [1.82, 2.24) is 9.80 Å². The Morgan fingerprint density at radius 3 is 2.64 bits per heavy atom. The molecule has 1 heterocycles. The molecule has 0 aromatic rings. The van der Waals surface area contributed by atoms with Crippen LogP contribution in [-0.2, 0) is 0 Å². The summed E-state index contributed by atoms with van der Waals surface area (Å²) in [6.45, 7) is 2.15. The van der Waals surface area contributed by atoms with Gasteiger partial charge < -0.3 is 9.80 Å². The lowest BCUT2D eigenvalue weighted by Gasteiger charge is -2.31. The average molecular weight is 153 g/mol. The highest BCUT2D eigenvalue weighted by Gasteiger charge is 2.15. The van der Waals surface area contributed by atoms with Gasteiger partial charge in [-0.25, -0.2) is 4.99 Å². The Hall–Kier alpha value is -0.990. The van der Waals surface area contributed by atoms with Crippen LogP contribution in [0, 0.1) is 0 Å². The van der Waals surface area contributed by atoms with Crippen molar-refractivity contribution in [3.63, 3.8) is 0 Å². The van der Waals surface area contributed by atoms with Crippen LogP contribution in [0.1, 0.15) is 6.92 Å². The summed E-state index contributed by atoms with van der Waals surface area (Å²) < 4.78 is 0. The second-order valence-corrected chi connectivity index (χ2v) is 3.02. The predicted molar refractivity (Wildman–Crippen MR) is 47.5 cm³/mol. The summed E-state index contributed by atoms with van der Waals surface area (Å²) in [7, 11) is 6.05. The highest BCUT2D eigenvalue weighted by Crippen LogP contribution is 2.06. The summed E-state index contributed by atoms with van der Waals surface area (Å²) in [6.07, 6.45) is 3.94. The number of guanidine groups is 1. The van der Waals surface area contributed by atoms with Crippen LogP contribution in [0.15, 0.2) is 17.3 Å². The molecule has 0 aromatic carbocycles. The molecule has 0 radical (unpaired) electrons.